The molecule has 1 saturated heterocycles. The number of aldehydes is 1. The maximum absolute atomic E-state index is 10.6. The van der Waals surface area contributed by atoms with Gasteiger partial charge < -0.3 is 4.74 Å². The van der Waals surface area contributed by atoms with Crippen LogP contribution in [0.3, 0.4) is 0 Å². The monoisotopic (exact) mass is 225 g/mol. The van der Waals surface area contributed by atoms with Crippen molar-refractivity contribution in [3.8, 4) is 0 Å². The van der Waals surface area contributed by atoms with Gasteiger partial charge in [-0.05, 0) is 12.8 Å². The van der Waals surface area contributed by atoms with Crippen LogP contribution in [0.2, 0.25) is 0 Å². The highest BCUT2D eigenvalue weighted by molar-refractivity contribution is 5.77. The Labute approximate surface area is 91.2 Å². The van der Waals surface area contributed by atoms with Crippen molar-refractivity contribution in [2.75, 3.05) is 13.2 Å². The number of nitro groups is 1. The first-order valence-corrected chi connectivity index (χ1v) is 4.99. The van der Waals surface area contributed by atoms with Crippen molar-refractivity contribution >= 4 is 12.0 Å². The van der Waals surface area contributed by atoms with Gasteiger partial charge in [0.05, 0.1) is 11.0 Å². The van der Waals surface area contributed by atoms with Gasteiger partial charge in [0.25, 0.3) is 0 Å². The molecule has 1 aliphatic rings. The summed E-state index contributed by atoms with van der Waals surface area (Å²) in [5, 5.41) is 14.6. The largest absolute Gasteiger partial charge is 0.381 e. The zero-order chi connectivity index (χ0) is 11.5. The van der Waals surface area contributed by atoms with Gasteiger partial charge in [-0.15, -0.1) is 0 Å². The van der Waals surface area contributed by atoms with Gasteiger partial charge >= 0.3 is 5.69 Å². The second-order valence-electron chi connectivity index (χ2n) is 3.60. The Hall–Kier alpha value is -1.76. The van der Waals surface area contributed by atoms with E-state index in [0.717, 1.165) is 12.8 Å². The van der Waals surface area contributed by atoms with Crippen LogP contribution >= 0.6 is 0 Å². The van der Waals surface area contributed by atoms with Gasteiger partial charge in [0.1, 0.15) is 6.20 Å². The Morgan fingerprint density at radius 1 is 1.56 bits per heavy atom. The van der Waals surface area contributed by atoms with E-state index < -0.39 is 4.92 Å². The van der Waals surface area contributed by atoms with E-state index in [1.807, 2.05) is 0 Å². The summed E-state index contributed by atoms with van der Waals surface area (Å²) in [6.45, 7) is 1.24. The molecule has 1 aromatic rings. The highest BCUT2D eigenvalue weighted by Gasteiger charge is 2.23. The van der Waals surface area contributed by atoms with Crippen LogP contribution in [0, 0.1) is 10.1 Å². The molecule has 0 saturated carbocycles. The molecular weight excluding hydrogens is 214 g/mol. The van der Waals surface area contributed by atoms with Gasteiger partial charge in [-0.3, -0.25) is 19.6 Å². The minimum atomic E-state index is -0.591. The quantitative estimate of drug-likeness (QED) is 0.434. The number of rotatable bonds is 3. The molecule has 0 amide bonds. The lowest BCUT2D eigenvalue weighted by molar-refractivity contribution is -0.385. The summed E-state index contributed by atoms with van der Waals surface area (Å²) in [5.74, 6) is 0. The molecule has 0 aliphatic carbocycles. The molecule has 2 heterocycles. The topological polar surface area (TPSA) is 87.3 Å². The number of carbonyl (C=O) groups is 1. The molecule has 0 bridgehead atoms. The van der Waals surface area contributed by atoms with E-state index in [2.05, 4.69) is 5.10 Å². The lowest BCUT2D eigenvalue weighted by atomic mass is 10.1. The molecule has 7 nitrogen and oxygen atoms in total. The molecule has 0 radical (unpaired) electrons. The second kappa shape index (κ2) is 4.40. The highest BCUT2D eigenvalue weighted by Crippen LogP contribution is 2.24. The van der Waals surface area contributed by atoms with Gasteiger partial charge in [0.15, 0.2) is 6.29 Å². The van der Waals surface area contributed by atoms with E-state index >= 15 is 0 Å². The van der Waals surface area contributed by atoms with Crippen LogP contribution in [0.4, 0.5) is 5.69 Å². The molecule has 16 heavy (non-hydrogen) atoms. The first-order valence-electron chi connectivity index (χ1n) is 4.99. The van der Waals surface area contributed by atoms with E-state index in [1.54, 1.807) is 0 Å². The Kier molecular flexibility index (Phi) is 2.95. The Morgan fingerprint density at radius 3 is 2.75 bits per heavy atom. The molecule has 7 heteroatoms. The highest BCUT2D eigenvalue weighted by atomic mass is 16.6. The summed E-state index contributed by atoms with van der Waals surface area (Å²) >= 11 is 0. The fourth-order valence-electron chi connectivity index (χ4n) is 1.76. The Balaban J connectivity index is 2.27. The number of hydrogen-bond acceptors (Lipinski definition) is 5. The summed E-state index contributed by atoms with van der Waals surface area (Å²) in [5.41, 5.74) is -0.349. The number of nitrogens with zero attached hydrogens (tertiary/aromatic N) is 3. The molecule has 1 fully saturated rings. The average Bonchev–Trinajstić information content (AvgIpc) is 2.74. The van der Waals surface area contributed by atoms with Crippen molar-refractivity contribution in [1.82, 2.24) is 9.78 Å². The summed E-state index contributed by atoms with van der Waals surface area (Å²) in [7, 11) is 0. The fourth-order valence-corrected chi connectivity index (χ4v) is 1.76. The number of carbonyl (C=O) groups excluding carboxylic acids is 1. The molecule has 1 aliphatic heterocycles. The molecule has 2 rings (SSSR count). The van der Waals surface area contributed by atoms with Crippen molar-refractivity contribution in [3.63, 3.8) is 0 Å². The maximum atomic E-state index is 10.6. The summed E-state index contributed by atoms with van der Waals surface area (Å²) in [4.78, 5) is 20.7. The normalized spacial score (nSPS) is 17.2. The van der Waals surface area contributed by atoms with E-state index in [4.69, 9.17) is 4.74 Å². The average molecular weight is 225 g/mol. The van der Waals surface area contributed by atoms with Crippen molar-refractivity contribution in [1.29, 1.82) is 0 Å². The van der Waals surface area contributed by atoms with Crippen molar-refractivity contribution in [2.24, 2.45) is 0 Å². The standard InChI is InChI=1S/C9H11N3O4/c13-6-8-9(12(14)15)5-11(10-8)7-1-3-16-4-2-7/h5-7H,1-4H2. The first-order chi connectivity index (χ1) is 7.72. The number of hydrogen-bond donors (Lipinski definition) is 0. The second-order valence-corrected chi connectivity index (χ2v) is 3.60. The van der Waals surface area contributed by atoms with E-state index in [0.29, 0.717) is 19.5 Å². The van der Waals surface area contributed by atoms with Crippen molar-refractivity contribution < 1.29 is 14.5 Å². The van der Waals surface area contributed by atoms with Gasteiger partial charge in [0.2, 0.25) is 5.69 Å². The zero-order valence-corrected chi connectivity index (χ0v) is 8.54. The van der Waals surface area contributed by atoms with Crippen LogP contribution in [0.1, 0.15) is 29.4 Å². The van der Waals surface area contributed by atoms with Crippen LogP contribution in [0.15, 0.2) is 6.20 Å². The molecule has 1 aromatic heterocycles. The predicted molar refractivity (Wildman–Crippen MR) is 53.4 cm³/mol. The maximum Gasteiger partial charge on any atom is 0.317 e. The minimum Gasteiger partial charge on any atom is -0.381 e. The summed E-state index contributed by atoms with van der Waals surface area (Å²) < 4.78 is 6.69. The van der Waals surface area contributed by atoms with Gasteiger partial charge in [0, 0.05) is 13.2 Å². The Morgan fingerprint density at radius 2 is 2.25 bits per heavy atom. The molecule has 0 aromatic carbocycles. The van der Waals surface area contributed by atoms with E-state index in [9.17, 15) is 14.9 Å². The van der Waals surface area contributed by atoms with Crippen molar-refractivity contribution in [2.45, 2.75) is 18.9 Å². The SMILES string of the molecule is O=Cc1nn(C2CCOCC2)cc1[N+](=O)[O-]. The van der Waals surface area contributed by atoms with E-state index in [-0.39, 0.29) is 17.4 Å². The van der Waals surface area contributed by atoms with Crippen LogP contribution in [-0.4, -0.2) is 34.2 Å². The van der Waals surface area contributed by atoms with Crippen LogP contribution < -0.4 is 0 Å². The van der Waals surface area contributed by atoms with Crippen LogP contribution in [-0.2, 0) is 4.74 Å². The number of aromatic nitrogens is 2. The van der Waals surface area contributed by atoms with Gasteiger partial charge in [-0.1, -0.05) is 0 Å². The van der Waals surface area contributed by atoms with Crippen molar-refractivity contribution in [3.05, 3.63) is 22.0 Å². The smallest absolute Gasteiger partial charge is 0.317 e. The van der Waals surface area contributed by atoms with Gasteiger partial charge in [-0.25, -0.2) is 0 Å². The molecular formula is C9H11N3O4. The molecule has 0 unspecified atom stereocenters. The zero-order valence-electron chi connectivity index (χ0n) is 8.54. The Bertz CT molecular complexity index is 409. The lowest BCUT2D eigenvalue weighted by Crippen LogP contribution is -2.20. The predicted octanol–water partition coefficient (Wildman–Crippen LogP) is 0.955. The minimum absolute atomic E-state index is 0.0844. The third kappa shape index (κ3) is 1.94. The summed E-state index contributed by atoms with van der Waals surface area (Å²) in [6.07, 6.45) is 3.25. The molecule has 0 atom stereocenters. The first kappa shape index (κ1) is 10.7. The van der Waals surface area contributed by atoms with Crippen LogP contribution in [0.25, 0.3) is 0 Å². The third-order valence-electron chi connectivity index (χ3n) is 2.61. The third-order valence-corrected chi connectivity index (χ3v) is 2.61. The van der Waals surface area contributed by atoms with E-state index in [1.165, 1.54) is 10.9 Å². The number of ether oxygens (including phenoxy) is 1. The summed E-state index contributed by atoms with van der Waals surface area (Å²) in [6, 6.07) is 0.0844. The van der Waals surface area contributed by atoms with Crippen LogP contribution in [0.5, 0.6) is 0 Å². The molecule has 86 valence electrons. The molecule has 0 N–H and O–H groups in total. The molecule has 0 spiro atoms. The lowest BCUT2D eigenvalue weighted by Gasteiger charge is -2.21. The fraction of sp³-hybridized carbons (Fsp3) is 0.556. The van der Waals surface area contributed by atoms with Gasteiger partial charge in [-0.2, -0.15) is 5.10 Å².